The quantitative estimate of drug-likeness (QED) is 0.323. The number of carbonyl (C=O) groups excluding carboxylic acids is 1. The lowest BCUT2D eigenvalue weighted by atomic mass is 10.0. The molecule has 0 heterocycles. The van der Waals surface area contributed by atoms with Crippen molar-refractivity contribution in [3.8, 4) is 0 Å². The van der Waals surface area contributed by atoms with E-state index in [-0.39, 0.29) is 12.0 Å². The van der Waals surface area contributed by atoms with Crippen molar-refractivity contribution in [2.45, 2.75) is 53.0 Å². The summed E-state index contributed by atoms with van der Waals surface area (Å²) in [5, 5.41) is 0. The minimum atomic E-state index is -0.232. The van der Waals surface area contributed by atoms with E-state index >= 15 is 0 Å². The highest BCUT2D eigenvalue weighted by Crippen LogP contribution is 2.15. The van der Waals surface area contributed by atoms with Crippen molar-refractivity contribution < 1.29 is 14.3 Å². The molecule has 4 heteroatoms. The first kappa shape index (κ1) is 22.6. The zero-order chi connectivity index (χ0) is 18.5. The molecule has 1 unspecified atom stereocenters. The van der Waals surface area contributed by atoms with Crippen molar-refractivity contribution in [2.75, 3.05) is 34.4 Å². The van der Waals surface area contributed by atoms with Crippen LogP contribution >= 0.6 is 0 Å². The molecule has 0 aromatic carbocycles. The Morgan fingerprint density at radius 1 is 1.12 bits per heavy atom. The zero-order valence-electron chi connectivity index (χ0n) is 16.5. The van der Waals surface area contributed by atoms with Crippen LogP contribution in [-0.2, 0) is 14.3 Å². The molecule has 0 amide bonds. The highest BCUT2D eigenvalue weighted by Gasteiger charge is 2.13. The average molecular weight is 338 g/mol. The molecule has 4 nitrogen and oxygen atoms in total. The Morgan fingerprint density at radius 2 is 1.79 bits per heavy atom. The second-order valence-corrected chi connectivity index (χ2v) is 6.40. The van der Waals surface area contributed by atoms with Gasteiger partial charge in [0.05, 0.1) is 13.2 Å². The maximum Gasteiger partial charge on any atom is 0.333 e. The number of hydrogen-bond donors (Lipinski definition) is 0. The first-order valence-electron chi connectivity index (χ1n) is 8.63. The first-order valence-corrected chi connectivity index (χ1v) is 8.63. The summed E-state index contributed by atoms with van der Waals surface area (Å²) >= 11 is 0. The minimum absolute atomic E-state index is 0.191. The summed E-state index contributed by atoms with van der Waals surface area (Å²) in [7, 11) is 5.77. The Bertz CT molecular complexity index is 462. The molecule has 138 valence electrons. The van der Waals surface area contributed by atoms with E-state index in [0.717, 1.165) is 19.3 Å². The highest BCUT2D eigenvalue weighted by atomic mass is 16.5. The number of methoxy groups -OCH3 is 1. The molecule has 0 aliphatic carbocycles. The van der Waals surface area contributed by atoms with Crippen LogP contribution in [-0.4, -0.2) is 51.3 Å². The number of hydrogen-bond acceptors (Lipinski definition) is 4. The van der Waals surface area contributed by atoms with Gasteiger partial charge < -0.3 is 14.4 Å². The second-order valence-electron chi connectivity index (χ2n) is 6.40. The fourth-order valence-corrected chi connectivity index (χ4v) is 2.28. The van der Waals surface area contributed by atoms with Crippen LogP contribution in [0.15, 0.2) is 34.9 Å². The number of allylic oxidation sites excluding steroid dienone is 2. The molecular weight excluding hydrogens is 302 g/mol. The Morgan fingerprint density at radius 3 is 2.33 bits per heavy atom. The average Bonchev–Trinajstić information content (AvgIpc) is 2.52. The van der Waals surface area contributed by atoms with Gasteiger partial charge in [-0.25, -0.2) is 4.79 Å². The van der Waals surface area contributed by atoms with Crippen LogP contribution in [0.5, 0.6) is 0 Å². The van der Waals surface area contributed by atoms with E-state index in [1.165, 1.54) is 11.1 Å². The molecule has 1 atom stereocenters. The minimum Gasteiger partial charge on any atom is -0.463 e. The molecule has 0 aromatic heterocycles. The van der Waals surface area contributed by atoms with Crippen LogP contribution in [0.25, 0.3) is 0 Å². The fraction of sp³-hybridized carbons (Fsp3) is 0.650. The third-order valence-electron chi connectivity index (χ3n) is 3.86. The van der Waals surface area contributed by atoms with Crippen LogP contribution in [0.1, 0.15) is 47.0 Å². The summed E-state index contributed by atoms with van der Waals surface area (Å²) in [5.41, 5.74) is 3.35. The maximum absolute atomic E-state index is 11.8. The Balaban J connectivity index is 4.68. The SMILES string of the molecule is CCOC(=O)/C(C)=C/C(C/C(C)=C\CC/C(C)=C\COC)N(C)C. The molecule has 0 spiro atoms. The summed E-state index contributed by atoms with van der Waals surface area (Å²) in [6.07, 6.45) is 9.39. The summed E-state index contributed by atoms with van der Waals surface area (Å²) in [5.74, 6) is -0.232. The molecule has 0 N–H and O–H groups in total. The van der Waals surface area contributed by atoms with Gasteiger partial charge in [-0.1, -0.05) is 29.4 Å². The monoisotopic (exact) mass is 337 g/mol. The van der Waals surface area contributed by atoms with Gasteiger partial charge in [0.2, 0.25) is 0 Å². The van der Waals surface area contributed by atoms with Gasteiger partial charge in [-0.15, -0.1) is 0 Å². The van der Waals surface area contributed by atoms with Crippen molar-refractivity contribution in [3.05, 3.63) is 34.9 Å². The smallest absolute Gasteiger partial charge is 0.333 e. The van der Waals surface area contributed by atoms with E-state index in [9.17, 15) is 4.79 Å². The van der Waals surface area contributed by atoms with Crippen molar-refractivity contribution in [1.82, 2.24) is 4.90 Å². The van der Waals surface area contributed by atoms with E-state index in [1.54, 1.807) is 7.11 Å². The predicted molar refractivity (Wildman–Crippen MR) is 101 cm³/mol. The Hall–Kier alpha value is -1.39. The van der Waals surface area contributed by atoms with E-state index in [1.807, 2.05) is 34.0 Å². The second kappa shape index (κ2) is 13.0. The lowest BCUT2D eigenvalue weighted by Gasteiger charge is -2.22. The van der Waals surface area contributed by atoms with Crippen LogP contribution in [0, 0.1) is 0 Å². The Labute approximate surface area is 148 Å². The van der Waals surface area contributed by atoms with Gasteiger partial charge in [-0.05, 0) is 61.1 Å². The number of nitrogens with zero attached hydrogens (tertiary/aromatic N) is 1. The first-order chi connectivity index (χ1) is 11.3. The molecule has 0 radical (unpaired) electrons. The van der Waals surface area contributed by atoms with Crippen LogP contribution in [0.4, 0.5) is 0 Å². The number of carbonyl (C=O) groups is 1. The normalized spacial score (nSPS) is 14.9. The van der Waals surface area contributed by atoms with Gasteiger partial charge in [0.1, 0.15) is 0 Å². The molecule has 0 aliphatic rings. The van der Waals surface area contributed by atoms with Crippen LogP contribution < -0.4 is 0 Å². The summed E-state index contributed by atoms with van der Waals surface area (Å²) in [6, 6.07) is 0.191. The standard InChI is InChI=1S/C20H35NO3/c1-8-24-20(22)18(4)15-19(21(5)6)14-17(3)11-9-10-16(2)12-13-23-7/h11-12,15,19H,8-10,13-14H2,1-7H3/b16-12-,17-11-,18-15+. The van der Waals surface area contributed by atoms with Gasteiger partial charge in [0.25, 0.3) is 0 Å². The number of likely N-dealkylation sites (N-methyl/N-ethyl adjacent to an activating group) is 1. The third kappa shape index (κ3) is 10.4. The molecular formula is C20H35NO3. The van der Waals surface area contributed by atoms with Gasteiger partial charge >= 0.3 is 5.97 Å². The topological polar surface area (TPSA) is 38.8 Å². The molecule has 24 heavy (non-hydrogen) atoms. The number of ether oxygens (including phenoxy) is 2. The maximum atomic E-state index is 11.8. The summed E-state index contributed by atoms with van der Waals surface area (Å²) < 4.78 is 10.1. The predicted octanol–water partition coefficient (Wildman–Crippen LogP) is 4.14. The van der Waals surface area contributed by atoms with Gasteiger partial charge in [-0.2, -0.15) is 0 Å². The van der Waals surface area contributed by atoms with E-state index in [0.29, 0.717) is 18.8 Å². The largest absolute Gasteiger partial charge is 0.463 e. The zero-order valence-corrected chi connectivity index (χ0v) is 16.5. The molecule has 0 aliphatic heterocycles. The third-order valence-corrected chi connectivity index (χ3v) is 3.86. The van der Waals surface area contributed by atoms with E-state index < -0.39 is 0 Å². The van der Waals surface area contributed by atoms with Crippen molar-refractivity contribution >= 4 is 5.97 Å². The van der Waals surface area contributed by atoms with Crippen molar-refractivity contribution in [2.24, 2.45) is 0 Å². The molecule has 0 saturated heterocycles. The van der Waals surface area contributed by atoms with Crippen molar-refractivity contribution in [1.29, 1.82) is 0 Å². The summed E-state index contributed by atoms with van der Waals surface area (Å²) in [6.45, 7) is 9.01. The van der Waals surface area contributed by atoms with E-state index in [4.69, 9.17) is 9.47 Å². The van der Waals surface area contributed by atoms with Crippen molar-refractivity contribution in [3.63, 3.8) is 0 Å². The van der Waals surface area contributed by atoms with E-state index in [2.05, 4.69) is 30.9 Å². The highest BCUT2D eigenvalue weighted by molar-refractivity contribution is 5.87. The number of esters is 1. The lowest BCUT2D eigenvalue weighted by molar-refractivity contribution is -0.138. The summed E-state index contributed by atoms with van der Waals surface area (Å²) in [4.78, 5) is 13.9. The lowest BCUT2D eigenvalue weighted by Crippen LogP contribution is -2.27. The van der Waals surface area contributed by atoms with Crippen LogP contribution in [0.3, 0.4) is 0 Å². The molecule has 0 fully saturated rings. The molecule has 0 rings (SSSR count). The van der Waals surface area contributed by atoms with Gasteiger partial charge in [0.15, 0.2) is 0 Å². The molecule has 0 aromatic rings. The van der Waals surface area contributed by atoms with Gasteiger partial charge in [-0.3, -0.25) is 0 Å². The van der Waals surface area contributed by atoms with Gasteiger partial charge in [0, 0.05) is 18.7 Å². The molecule has 0 saturated carbocycles. The van der Waals surface area contributed by atoms with Crippen LogP contribution in [0.2, 0.25) is 0 Å². The number of rotatable bonds is 11. The fourth-order valence-electron chi connectivity index (χ4n) is 2.28. The molecule has 0 bridgehead atoms. The Kier molecular flexibility index (Phi) is 12.2.